The topological polar surface area (TPSA) is 144 Å². The Bertz CT molecular complexity index is 1210. The van der Waals surface area contributed by atoms with Crippen LogP contribution in [0.4, 0.5) is 5.82 Å². The second-order valence-corrected chi connectivity index (χ2v) is 7.89. The van der Waals surface area contributed by atoms with Crippen molar-refractivity contribution in [1.29, 1.82) is 5.26 Å². The standard InChI is InChI=1S/C18H19N9OS/c1-10(2)8-21-3-4-27-17-15(16(20)22-9-23-17)24-18(27)29-14-6-12-13(28-26-25-12)5-11(14)7-19/h5-6,9-10,21H,3-4,8H2,1-2H3,(H2,20,22,23). The largest absolute Gasteiger partial charge is 0.382 e. The van der Waals surface area contributed by atoms with Crippen LogP contribution in [-0.4, -0.2) is 43.0 Å². The second-order valence-electron chi connectivity index (χ2n) is 6.88. The summed E-state index contributed by atoms with van der Waals surface area (Å²) in [6.07, 6.45) is 1.43. The summed E-state index contributed by atoms with van der Waals surface area (Å²) in [7, 11) is 0. The third kappa shape index (κ3) is 3.85. The molecular weight excluding hydrogens is 390 g/mol. The van der Waals surface area contributed by atoms with Crippen molar-refractivity contribution in [3.05, 3.63) is 24.0 Å². The van der Waals surface area contributed by atoms with Gasteiger partial charge in [-0.2, -0.15) is 5.26 Å². The molecule has 3 aromatic heterocycles. The van der Waals surface area contributed by atoms with E-state index in [1.165, 1.54) is 18.1 Å². The van der Waals surface area contributed by atoms with Crippen LogP contribution in [0, 0.1) is 17.2 Å². The average molecular weight is 409 g/mol. The summed E-state index contributed by atoms with van der Waals surface area (Å²) >= 11 is 1.35. The van der Waals surface area contributed by atoms with E-state index in [1.54, 1.807) is 12.1 Å². The molecule has 148 valence electrons. The third-order valence-corrected chi connectivity index (χ3v) is 5.31. The van der Waals surface area contributed by atoms with Gasteiger partial charge in [0.05, 0.1) is 5.56 Å². The number of aromatic nitrogens is 6. The smallest absolute Gasteiger partial charge is 0.188 e. The first kappa shape index (κ1) is 19.1. The van der Waals surface area contributed by atoms with Crippen LogP contribution in [0.5, 0.6) is 0 Å². The molecule has 4 rings (SSSR count). The molecule has 0 radical (unpaired) electrons. The molecule has 0 aliphatic heterocycles. The molecule has 0 unspecified atom stereocenters. The number of nitriles is 1. The van der Waals surface area contributed by atoms with Crippen molar-refractivity contribution >= 4 is 39.8 Å². The summed E-state index contributed by atoms with van der Waals surface area (Å²) in [5.41, 5.74) is 8.71. The molecule has 0 saturated carbocycles. The summed E-state index contributed by atoms with van der Waals surface area (Å²) < 4.78 is 7.04. The van der Waals surface area contributed by atoms with Gasteiger partial charge in [-0.15, -0.1) is 5.10 Å². The number of nitrogens with one attached hydrogen (secondary N) is 1. The highest BCUT2D eigenvalue weighted by atomic mass is 32.2. The second kappa shape index (κ2) is 8.02. The SMILES string of the molecule is CC(C)CNCCn1c(Sc2cc3nnoc3cc2C#N)nc2c(N)ncnc21. The number of nitrogens with zero attached hydrogens (tertiary/aromatic N) is 7. The first-order chi connectivity index (χ1) is 14.1. The van der Waals surface area contributed by atoms with Gasteiger partial charge in [-0.25, -0.2) is 15.0 Å². The van der Waals surface area contributed by atoms with E-state index in [1.807, 2.05) is 4.57 Å². The van der Waals surface area contributed by atoms with Crippen molar-refractivity contribution in [2.24, 2.45) is 5.92 Å². The van der Waals surface area contributed by atoms with Gasteiger partial charge in [-0.05, 0) is 18.5 Å². The highest BCUT2D eigenvalue weighted by Crippen LogP contribution is 2.34. The Balaban J connectivity index is 1.72. The van der Waals surface area contributed by atoms with Crippen molar-refractivity contribution in [2.75, 3.05) is 18.8 Å². The average Bonchev–Trinajstić information content (AvgIpc) is 3.29. The van der Waals surface area contributed by atoms with Crippen LogP contribution >= 0.6 is 11.8 Å². The maximum absolute atomic E-state index is 9.55. The predicted molar refractivity (Wildman–Crippen MR) is 108 cm³/mol. The van der Waals surface area contributed by atoms with Gasteiger partial charge < -0.3 is 20.1 Å². The predicted octanol–water partition coefficient (Wildman–Crippen LogP) is 2.21. The number of fused-ring (bicyclic) bond motifs is 2. The number of rotatable bonds is 7. The number of benzene rings is 1. The molecule has 10 nitrogen and oxygen atoms in total. The normalized spacial score (nSPS) is 11.5. The maximum atomic E-state index is 9.55. The van der Waals surface area contributed by atoms with Crippen molar-refractivity contribution in [2.45, 2.75) is 30.4 Å². The van der Waals surface area contributed by atoms with Gasteiger partial charge in [-0.3, -0.25) is 0 Å². The van der Waals surface area contributed by atoms with E-state index < -0.39 is 0 Å². The van der Waals surface area contributed by atoms with E-state index in [9.17, 15) is 5.26 Å². The molecule has 0 atom stereocenters. The molecule has 3 heterocycles. The molecule has 4 aromatic rings. The highest BCUT2D eigenvalue weighted by molar-refractivity contribution is 7.99. The Kier molecular flexibility index (Phi) is 5.28. The van der Waals surface area contributed by atoms with Crippen molar-refractivity contribution in [3.8, 4) is 6.07 Å². The van der Waals surface area contributed by atoms with Gasteiger partial charge >= 0.3 is 0 Å². The van der Waals surface area contributed by atoms with E-state index in [2.05, 4.69) is 50.6 Å². The van der Waals surface area contributed by atoms with Crippen LogP contribution in [-0.2, 0) is 6.54 Å². The zero-order chi connectivity index (χ0) is 20.4. The minimum atomic E-state index is 0.322. The maximum Gasteiger partial charge on any atom is 0.188 e. The van der Waals surface area contributed by atoms with Gasteiger partial charge in [0.2, 0.25) is 0 Å². The molecule has 0 aliphatic carbocycles. The van der Waals surface area contributed by atoms with E-state index in [0.717, 1.165) is 13.1 Å². The first-order valence-electron chi connectivity index (χ1n) is 9.08. The van der Waals surface area contributed by atoms with Gasteiger partial charge in [-0.1, -0.05) is 25.6 Å². The van der Waals surface area contributed by atoms with E-state index >= 15 is 0 Å². The van der Waals surface area contributed by atoms with E-state index in [-0.39, 0.29) is 0 Å². The Morgan fingerprint density at radius 2 is 2.21 bits per heavy atom. The van der Waals surface area contributed by atoms with Crippen LogP contribution in [0.1, 0.15) is 19.4 Å². The molecule has 29 heavy (non-hydrogen) atoms. The summed E-state index contributed by atoms with van der Waals surface area (Å²) in [6, 6.07) is 5.59. The summed E-state index contributed by atoms with van der Waals surface area (Å²) in [4.78, 5) is 13.8. The van der Waals surface area contributed by atoms with E-state index in [0.29, 0.717) is 56.2 Å². The van der Waals surface area contributed by atoms with Gasteiger partial charge in [0.15, 0.2) is 27.7 Å². The van der Waals surface area contributed by atoms with Gasteiger partial charge in [0.1, 0.15) is 17.9 Å². The lowest BCUT2D eigenvalue weighted by Crippen LogP contribution is -2.24. The first-order valence-corrected chi connectivity index (χ1v) is 9.90. The molecule has 3 N–H and O–H groups in total. The number of nitrogen functional groups attached to an aromatic ring is 1. The number of imidazole rings is 1. The Morgan fingerprint density at radius 3 is 3.00 bits per heavy atom. The van der Waals surface area contributed by atoms with Crippen molar-refractivity contribution in [1.82, 2.24) is 35.2 Å². The number of hydrogen-bond acceptors (Lipinski definition) is 10. The van der Waals surface area contributed by atoms with E-state index in [4.69, 9.17) is 10.3 Å². The zero-order valence-corrected chi connectivity index (χ0v) is 16.8. The summed E-state index contributed by atoms with van der Waals surface area (Å²) in [5, 5.41) is 21.1. The number of nitrogens with two attached hydrogens (primary N) is 1. The molecular formula is C18H19N9OS. The molecule has 0 bridgehead atoms. The Labute approximate surface area is 170 Å². The lowest BCUT2D eigenvalue weighted by Gasteiger charge is -2.11. The van der Waals surface area contributed by atoms with Crippen LogP contribution in [0.25, 0.3) is 22.3 Å². The lowest BCUT2D eigenvalue weighted by molar-refractivity contribution is 0.424. The van der Waals surface area contributed by atoms with Crippen molar-refractivity contribution < 1.29 is 4.52 Å². The minimum absolute atomic E-state index is 0.322. The molecule has 1 aromatic carbocycles. The minimum Gasteiger partial charge on any atom is -0.382 e. The summed E-state index contributed by atoms with van der Waals surface area (Å²) in [5.74, 6) is 0.879. The van der Waals surface area contributed by atoms with Crippen LogP contribution in [0.15, 0.2) is 33.0 Å². The summed E-state index contributed by atoms with van der Waals surface area (Å²) in [6.45, 7) is 6.64. The molecule has 0 fully saturated rings. The molecule has 0 spiro atoms. The fourth-order valence-corrected chi connectivity index (χ4v) is 3.88. The van der Waals surface area contributed by atoms with Crippen LogP contribution < -0.4 is 11.1 Å². The fraction of sp³-hybridized carbons (Fsp3) is 0.333. The monoisotopic (exact) mass is 409 g/mol. The fourth-order valence-electron chi connectivity index (χ4n) is 2.87. The molecule has 0 saturated heterocycles. The lowest BCUT2D eigenvalue weighted by atomic mass is 10.2. The zero-order valence-electron chi connectivity index (χ0n) is 16.0. The Morgan fingerprint density at radius 1 is 1.34 bits per heavy atom. The van der Waals surface area contributed by atoms with Gasteiger partial charge in [0, 0.05) is 29.3 Å². The highest BCUT2D eigenvalue weighted by Gasteiger charge is 2.18. The van der Waals surface area contributed by atoms with Crippen molar-refractivity contribution in [3.63, 3.8) is 0 Å². The third-order valence-electron chi connectivity index (χ3n) is 4.26. The number of hydrogen-bond donors (Lipinski definition) is 2. The van der Waals surface area contributed by atoms with Crippen LogP contribution in [0.2, 0.25) is 0 Å². The van der Waals surface area contributed by atoms with Crippen LogP contribution in [0.3, 0.4) is 0 Å². The molecule has 0 aliphatic rings. The molecule has 11 heteroatoms. The number of anilines is 1. The van der Waals surface area contributed by atoms with Gasteiger partial charge in [0.25, 0.3) is 0 Å². The molecule has 0 amide bonds. The Hall–Kier alpha value is -3.23. The quantitative estimate of drug-likeness (QED) is 0.436.